The summed E-state index contributed by atoms with van der Waals surface area (Å²) in [7, 11) is 0. The molecule has 0 aromatic heterocycles. The highest BCUT2D eigenvalue weighted by Gasteiger charge is 2.34. The van der Waals surface area contributed by atoms with Crippen LogP contribution in [0.15, 0.2) is 24.3 Å². The summed E-state index contributed by atoms with van der Waals surface area (Å²) in [4.78, 5) is 0. The van der Waals surface area contributed by atoms with Gasteiger partial charge < -0.3 is 10.4 Å². The van der Waals surface area contributed by atoms with Gasteiger partial charge in [0.05, 0.1) is 12.2 Å². The van der Waals surface area contributed by atoms with Crippen LogP contribution >= 0.6 is 0 Å². The minimum Gasteiger partial charge on any atom is -0.394 e. The number of hydrogen-bond donors (Lipinski definition) is 2. The second kappa shape index (κ2) is 6.14. The van der Waals surface area contributed by atoms with Gasteiger partial charge in [-0.15, -0.1) is 0 Å². The van der Waals surface area contributed by atoms with E-state index in [2.05, 4.69) is 5.32 Å². The van der Waals surface area contributed by atoms with E-state index >= 15 is 0 Å². The van der Waals surface area contributed by atoms with Crippen molar-refractivity contribution >= 4 is 0 Å². The van der Waals surface area contributed by atoms with Gasteiger partial charge in [0.15, 0.2) is 0 Å². The van der Waals surface area contributed by atoms with Gasteiger partial charge in [-0.3, -0.25) is 0 Å². The molecule has 0 aliphatic heterocycles. The van der Waals surface area contributed by atoms with Gasteiger partial charge in [-0.2, -0.15) is 13.2 Å². The Morgan fingerprint density at radius 2 is 1.75 bits per heavy atom. The molecule has 20 heavy (non-hydrogen) atoms. The number of hydrogen-bond acceptors (Lipinski definition) is 2. The molecular weight excluding hydrogens is 267 g/mol. The zero-order chi connectivity index (χ0) is 14.6. The number of aliphatic hydroxyl groups is 1. The summed E-state index contributed by atoms with van der Waals surface area (Å²) >= 11 is 0. The van der Waals surface area contributed by atoms with Crippen LogP contribution in [0.1, 0.15) is 43.2 Å². The lowest BCUT2D eigenvalue weighted by atomic mass is 9.82. The van der Waals surface area contributed by atoms with Crippen molar-refractivity contribution in [2.75, 3.05) is 6.61 Å². The van der Waals surface area contributed by atoms with Crippen molar-refractivity contribution < 1.29 is 18.3 Å². The Morgan fingerprint density at radius 3 is 2.35 bits per heavy atom. The third-order valence-corrected chi connectivity index (χ3v) is 4.09. The molecule has 1 aliphatic carbocycles. The van der Waals surface area contributed by atoms with E-state index in [-0.39, 0.29) is 18.7 Å². The van der Waals surface area contributed by atoms with Crippen molar-refractivity contribution in [3.8, 4) is 0 Å². The average molecular weight is 287 g/mol. The third kappa shape index (κ3) is 3.52. The molecule has 0 bridgehead atoms. The predicted octanol–water partition coefficient (Wildman–Crippen LogP) is 3.49. The van der Waals surface area contributed by atoms with Crippen LogP contribution in [0.2, 0.25) is 0 Å². The quantitative estimate of drug-likeness (QED) is 0.888. The van der Waals surface area contributed by atoms with Gasteiger partial charge in [0.1, 0.15) is 0 Å². The van der Waals surface area contributed by atoms with Gasteiger partial charge in [-0.05, 0) is 24.5 Å². The second-order valence-corrected chi connectivity index (χ2v) is 5.51. The zero-order valence-corrected chi connectivity index (χ0v) is 11.3. The van der Waals surface area contributed by atoms with Crippen LogP contribution in [0.5, 0.6) is 0 Å². The molecule has 2 rings (SSSR count). The first-order chi connectivity index (χ1) is 9.47. The summed E-state index contributed by atoms with van der Waals surface area (Å²) in [6.07, 6.45) is 0.443. The molecule has 0 heterocycles. The molecule has 2 nitrogen and oxygen atoms in total. The van der Waals surface area contributed by atoms with E-state index in [9.17, 15) is 18.3 Å². The molecule has 1 saturated carbocycles. The Morgan fingerprint density at radius 1 is 1.10 bits per heavy atom. The van der Waals surface area contributed by atoms with Crippen molar-refractivity contribution in [1.82, 2.24) is 5.32 Å². The highest BCUT2D eigenvalue weighted by Crippen LogP contribution is 2.33. The largest absolute Gasteiger partial charge is 0.416 e. The Balaban J connectivity index is 2.10. The van der Waals surface area contributed by atoms with Gasteiger partial charge >= 0.3 is 6.18 Å². The van der Waals surface area contributed by atoms with Crippen molar-refractivity contribution in [2.24, 2.45) is 0 Å². The van der Waals surface area contributed by atoms with Crippen molar-refractivity contribution in [1.29, 1.82) is 0 Å². The zero-order valence-electron chi connectivity index (χ0n) is 11.3. The van der Waals surface area contributed by atoms with Crippen LogP contribution in [0.3, 0.4) is 0 Å². The van der Waals surface area contributed by atoms with Crippen molar-refractivity contribution in [3.63, 3.8) is 0 Å². The van der Waals surface area contributed by atoms with E-state index < -0.39 is 17.3 Å². The first-order valence-electron chi connectivity index (χ1n) is 6.98. The molecule has 0 radical (unpaired) electrons. The van der Waals surface area contributed by atoms with Crippen LogP contribution in [0.25, 0.3) is 0 Å². The Hall–Kier alpha value is -1.07. The lowest BCUT2D eigenvalue weighted by Gasteiger charge is -2.37. The van der Waals surface area contributed by atoms with Gasteiger partial charge in [-0.1, -0.05) is 37.5 Å². The minimum absolute atomic E-state index is 0.0266. The fourth-order valence-electron chi connectivity index (χ4n) is 2.85. The number of nitrogens with one attached hydrogen (secondary N) is 1. The summed E-state index contributed by atoms with van der Waals surface area (Å²) in [5.41, 5.74) is -0.786. The van der Waals surface area contributed by atoms with E-state index in [0.29, 0.717) is 0 Å². The first kappa shape index (κ1) is 15.3. The standard InChI is InChI=1S/C15H20F3NO/c16-15(17,18)13-7-3-2-6-12(13)10-19-14(11-20)8-4-1-5-9-14/h2-3,6-7,19-20H,1,4-5,8-11H2. The Bertz CT molecular complexity index is 439. The van der Waals surface area contributed by atoms with Gasteiger partial charge in [0.2, 0.25) is 0 Å². The van der Waals surface area contributed by atoms with Crippen LogP contribution in [0, 0.1) is 0 Å². The minimum atomic E-state index is -4.34. The molecule has 1 aliphatic rings. The number of aliphatic hydroxyl groups excluding tert-OH is 1. The van der Waals surface area contributed by atoms with E-state index in [1.807, 2.05) is 0 Å². The molecule has 0 unspecified atom stereocenters. The highest BCUT2D eigenvalue weighted by molar-refractivity contribution is 5.29. The SMILES string of the molecule is OCC1(NCc2ccccc2C(F)(F)F)CCCCC1. The molecule has 5 heteroatoms. The van der Waals surface area contributed by atoms with E-state index in [0.717, 1.165) is 38.2 Å². The lowest BCUT2D eigenvalue weighted by molar-refractivity contribution is -0.138. The maximum atomic E-state index is 12.9. The van der Waals surface area contributed by atoms with Crippen LogP contribution in [-0.2, 0) is 12.7 Å². The molecule has 1 fully saturated rings. The molecule has 1 aromatic carbocycles. The molecule has 0 atom stereocenters. The topological polar surface area (TPSA) is 32.3 Å². The number of halogens is 3. The highest BCUT2D eigenvalue weighted by atomic mass is 19.4. The molecule has 112 valence electrons. The molecular formula is C15H20F3NO. The first-order valence-corrected chi connectivity index (χ1v) is 6.98. The molecule has 1 aromatic rings. The monoisotopic (exact) mass is 287 g/mol. The Labute approximate surface area is 117 Å². The molecule has 0 amide bonds. The summed E-state index contributed by atoms with van der Waals surface area (Å²) in [6, 6.07) is 5.60. The molecule has 0 spiro atoms. The summed E-state index contributed by atoms with van der Waals surface area (Å²) in [6.45, 7) is 0.109. The Kier molecular flexibility index (Phi) is 4.70. The number of alkyl halides is 3. The predicted molar refractivity (Wildman–Crippen MR) is 71.2 cm³/mol. The second-order valence-electron chi connectivity index (χ2n) is 5.51. The third-order valence-electron chi connectivity index (χ3n) is 4.09. The molecule has 0 saturated heterocycles. The van der Waals surface area contributed by atoms with Crippen LogP contribution in [0.4, 0.5) is 13.2 Å². The number of benzene rings is 1. The normalized spacial score (nSPS) is 19.0. The summed E-state index contributed by atoms with van der Waals surface area (Å²) in [5.74, 6) is 0. The fourth-order valence-corrected chi connectivity index (χ4v) is 2.85. The van der Waals surface area contributed by atoms with Crippen molar-refractivity contribution in [3.05, 3.63) is 35.4 Å². The smallest absolute Gasteiger partial charge is 0.394 e. The van der Waals surface area contributed by atoms with E-state index in [1.54, 1.807) is 6.07 Å². The fraction of sp³-hybridized carbons (Fsp3) is 0.600. The average Bonchev–Trinajstić information content (AvgIpc) is 2.45. The number of rotatable bonds is 4. The van der Waals surface area contributed by atoms with Gasteiger partial charge in [0, 0.05) is 12.1 Å². The van der Waals surface area contributed by atoms with Gasteiger partial charge in [0.25, 0.3) is 0 Å². The lowest BCUT2D eigenvalue weighted by Crippen LogP contribution is -2.49. The van der Waals surface area contributed by atoms with E-state index in [4.69, 9.17) is 0 Å². The summed E-state index contributed by atoms with van der Waals surface area (Å²) < 4.78 is 38.7. The maximum Gasteiger partial charge on any atom is 0.416 e. The van der Waals surface area contributed by atoms with E-state index in [1.165, 1.54) is 12.1 Å². The van der Waals surface area contributed by atoms with Crippen LogP contribution in [-0.4, -0.2) is 17.3 Å². The van der Waals surface area contributed by atoms with Crippen LogP contribution < -0.4 is 5.32 Å². The maximum absolute atomic E-state index is 12.9. The summed E-state index contributed by atoms with van der Waals surface area (Å²) in [5, 5.41) is 12.7. The molecule has 2 N–H and O–H groups in total. The van der Waals surface area contributed by atoms with Gasteiger partial charge in [-0.25, -0.2) is 0 Å². The van der Waals surface area contributed by atoms with Crippen molar-refractivity contribution in [2.45, 2.75) is 50.4 Å².